The number of benzene rings is 10. The van der Waals surface area contributed by atoms with Crippen molar-refractivity contribution < 1.29 is 0 Å². The number of para-hydroxylation sites is 3. The lowest BCUT2D eigenvalue weighted by atomic mass is 9.98. The van der Waals surface area contributed by atoms with Crippen LogP contribution >= 0.6 is 11.3 Å². The van der Waals surface area contributed by atoms with Crippen molar-refractivity contribution in [3.8, 4) is 67.8 Å². The van der Waals surface area contributed by atoms with Crippen molar-refractivity contribution in [1.29, 1.82) is 0 Å². The van der Waals surface area contributed by atoms with Crippen LogP contribution in [-0.4, -0.2) is 24.1 Å². The van der Waals surface area contributed by atoms with Crippen molar-refractivity contribution in [2.75, 3.05) is 0 Å². The molecule has 0 fully saturated rings. The summed E-state index contributed by atoms with van der Waals surface area (Å²) in [6.07, 6.45) is 0. The van der Waals surface area contributed by atoms with Gasteiger partial charge < -0.3 is 9.13 Å². The van der Waals surface area contributed by atoms with Gasteiger partial charge in [0.2, 0.25) is 0 Å². The second kappa shape index (κ2) is 15.8. The topological polar surface area (TPSA) is 48.5 Å². The van der Waals surface area contributed by atoms with Crippen molar-refractivity contribution in [3.63, 3.8) is 0 Å². The maximum atomic E-state index is 5.35. The maximum Gasteiger partial charge on any atom is 0.164 e. The fraction of sp³-hybridized carbons (Fsp3) is 0. The van der Waals surface area contributed by atoms with Gasteiger partial charge in [-0.25, -0.2) is 15.0 Å². The van der Waals surface area contributed by atoms with Crippen molar-refractivity contribution in [3.05, 3.63) is 237 Å². The molecule has 0 spiro atoms. The Hall–Kier alpha value is -8.97. The van der Waals surface area contributed by atoms with Gasteiger partial charge >= 0.3 is 0 Å². The average Bonchev–Trinajstić information content (AvgIpc) is 4.10. The van der Waals surface area contributed by atoms with Crippen molar-refractivity contribution in [2.45, 2.75) is 0 Å². The quantitative estimate of drug-likeness (QED) is 0.160. The Morgan fingerprint density at radius 3 is 1.48 bits per heavy atom. The molecule has 0 N–H and O–H groups in total. The van der Waals surface area contributed by atoms with Crippen LogP contribution in [0.5, 0.6) is 0 Å². The highest BCUT2D eigenvalue weighted by Crippen LogP contribution is 2.47. The molecule has 4 heterocycles. The average molecular weight is 898 g/mol. The van der Waals surface area contributed by atoms with Gasteiger partial charge in [-0.05, 0) is 64.7 Å². The zero-order chi connectivity index (χ0) is 45.4. The van der Waals surface area contributed by atoms with Crippen LogP contribution in [0.3, 0.4) is 0 Å². The van der Waals surface area contributed by atoms with Gasteiger partial charge in [-0.1, -0.05) is 194 Å². The van der Waals surface area contributed by atoms with Gasteiger partial charge in [0, 0.05) is 54.7 Å². The molecule has 5 nitrogen and oxygen atoms in total. The van der Waals surface area contributed by atoms with Gasteiger partial charge in [-0.15, -0.1) is 11.3 Å². The van der Waals surface area contributed by atoms with E-state index in [9.17, 15) is 0 Å². The molecule has 4 aromatic heterocycles. The smallest absolute Gasteiger partial charge is 0.164 e. The fourth-order valence-electron chi connectivity index (χ4n) is 10.4. The molecule has 0 bridgehead atoms. The van der Waals surface area contributed by atoms with Crippen LogP contribution in [0.1, 0.15) is 0 Å². The summed E-state index contributed by atoms with van der Waals surface area (Å²) in [5.41, 5.74) is 14.4. The molecule has 69 heavy (non-hydrogen) atoms. The van der Waals surface area contributed by atoms with Crippen LogP contribution in [0.15, 0.2) is 237 Å². The van der Waals surface area contributed by atoms with Gasteiger partial charge in [0.05, 0.1) is 37.2 Å². The molecule has 0 unspecified atom stereocenters. The van der Waals surface area contributed by atoms with E-state index in [1.807, 2.05) is 29.5 Å². The monoisotopic (exact) mass is 897 g/mol. The number of nitrogens with zero attached hydrogens (tertiary/aromatic N) is 5. The molecule has 0 saturated heterocycles. The number of fused-ring (bicyclic) bond motifs is 10. The fourth-order valence-corrected chi connectivity index (χ4v) is 11.8. The Kier molecular flexibility index (Phi) is 9.00. The largest absolute Gasteiger partial charge is 0.308 e. The van der Waals surface area contributed by atoms with Gasteiger partial charge in [0.25, 0.3) is 0 Å². The highest BCUT2D eigenvalue weighted by atomic mass is 32.1. The number of rotatable bonds is 7. The molecule has 0 saturated carbocycles. The molecule has 0 aliphatic heterocycles. The molecule has 0 atom stereocenters. The van der Waals surface area contributed by atoms with E-state index >= 15 is 0 Å². The lowest BCUT2D eigenvalue weighted by Gasteiger charge is -2.11. The Morgan fingerprint density at radius 1 is 0.304 bits per heavy atom. The Bertz CT molecular complexity index is 4230. The molecule has 14 rings (SSSR count). The van der Waals surface area contributed by atoms with Gasteiger partial charge in [0.1, 0.15) is 0 Å². The SMILES string of the molecule is c1ccc(-c2cccc(-c3ccc(-c4nc(-c5ccccc5)nc(-c5cccc6c5c5ccc7c8cccc(-n9c%10ccccc%10c%10ccccc%109)c8sc7c5n6-c5ccccc5)n4)cc3)c2)cc1. The first-order chi connectivity index (χ1) is 34.2. The van der Waals surface area contributed by atoms with Crippen LogP contribution in [0.25, 0.3) is 132 Å². The molecule has 6 heteroatoms. The van der Waals surface area contributed by atoms with Gasteiger partial charge in [0.15, 0.2) is 17.5 Å². The summed E-state index contributed by atoms with van der Waals surface area (Å²) in [4.78, 5) is 15.8. The van der Waals surface area contributed by atoms with E-state index in [2.05, 4.69) is 228 Å². The van der Waals surface area contributed by atoms with Gasteiger partial charge in [-0.3, -0.25) is 0 Å². The van der Waals surface area contributed by atoms with Crippen LogP contribution in [0.4, 0.5) is 0 Å². The number of hydrogen-bond donors (Lipinski definition) is 0. The minimum absolute atomic E-state index is 0.622. The van der Waals surface area contributed by atoms with E-state index in [0.29, 0.717) is 17.5 Å². The normalized spacial score (nSPS) is 11.8. The predicted molar refractivity (Wildman–Crippen MR) is 289 cm³/mol. The Balaban J connectivity index is 0.980. The zero-order valence-corrected chi connectivity index (χ0v) is 38.0. The van der Waals surface area contributed by atoms with Crippen LogP contribution < -0.4 is 0 Å². The first-order valence-corrected chi connectivity index (χ1v) is 24.1. The lowest BCUT2D eigenvalue weighted by Crippen LogP contribution is -2.00. The summed E-state index contributed by atoms with van der Waals surface area (Å²) >= 11 is 1.87. The number of thiophene rings is 1. The van der Waals surface area contributed by atoms with Crippen LogP contribution in [-0.2, 0) is 0 Å². The van der Waals surface area contributed by atoms with E-state index in [4.69, 9.17) is 15.0 Å². The summed E-state index contributed by atoms with van der Waals surface area (Å²) in [6.45, 7) is 0. The van der Waals surface area contributed by atoms with E-state index < -0.39 is 0 Å². The van der Waals surface area contributed by atoms with Crippen LogP contribution in [0.2, 0.25) is 0 Å². The molecule has 0 amide bonds. The third-order valence-electron chi connectivity index (χ3n) is 13.6. The first-order valence-electron chi connectivity index (χ1n) is 23.3. The minimum atomic E-state index is 0.622. The molecular weight excluding hydrogens is 859 g/mol. The summed E-state index contributed by atoms with van der Waals surface area (Å²) < 4.78 is 7.38. The molecule has 10 aromatic carbocycles. The Morgan fingerprint density at radius 2 is 0.783 bits per heavy atom. The molecule has 0 aliphatic carbocycles. The molecule has 322 valence electrons. The molecule has 0 aliphatic rings. The zero-order valence-electron chi connectivity index (χ0n) is 37.2. The molecule has 0 radical (unpaired) electrons. The first kappa shape index (κ1) is 39.2. The number of hydrogen-bond acceptors (Lipinski definition) is 4. The summed E-state index contributed by atoms with van der Waals surface area (Å²) in [6, 6.07) is 84.3. The third kappa shape index (κ3) is 6.34. The van der Waals surface area contributed by atoms with E-state index in [1.165, 1.54) is 64.3 Å². The third-order valence-corrected chi connectivity index (χ3v) is 14.8. The van der Waals surface area contributed by atoms with E-state index in [1.54, 1.807) is 0 Å². The standard InChI is InChI=1S/C63H39N5S/c1-4-17-40(18-5-1)44-21-14-22-45(39-44)41-33-35-43(36-34-41)62-64-61(42-19-6-2-7-20-42)65-63(66-62)52-28-16-31-55-57(52)51-38-37-50-49-27-15-32-56(59(49)69-60(50)58(51)67(55)46-23-8-3-9-24-46)68-53-29-12-10-25-47(53)48-26-11-13-30-54(48)68/h1-39H. The molecule has 14 aromatic rings. The minimum Gasteiger partial charge on any atom is -0.308 e. The second-order valence-electron chi connectivity index (χ2n) is 17.5. The van der Waals surface area contributed by atoms with Crippen LogP contribution in [0, 0.1) is 0 Å². The summed E-state index contributed by atoms with van der Waals surface area (Å²) in [7, 11) is 0. The summed E-state index contributed by atoms with van der Waals surface area (Å²) in [5.74, 6) is 1.88. The predicted octanol–water partition coefficient (Wildman–Crippen LogP) is 16.8. The second-order valence-corrected chi connectivity index (χ2v) is 18.6. The molecular formula is C63H39N5S. The highest BCUT2D eigenvalue weighted by molar-refractivity contribution is 7.27. The highest BCUT2D eigenvalue weighted by Gasteiger charge is 2.24. The van der Waals surface area contributed by atoms with Crippen molar-refractivity contribution in [1.82, 2.24) is 24.1 Å². The number of aromatic nitrogens is 5. The van der Waals surface area contributed by atoms with Crippen molar-refractivity contribution in [2.24, 2.45) is 0 Å². The Labute approximate surface area is 401 Å². The summed E-state index contributed by atoms with van der Waals surface area (Å²) in [5, 5.41) is 7.23. The van der Waals surface area contributed by atoms with E-state index in [-0.39, 0.29) is 0 Å². The van der Waals surface area contributed by atoms with Gasteiger partial charge in [-0.2, -0.15) is 0 Å². The van der Waals surface area contributed by atoms with Crippen molar-refractivity contribution >= 4 is 75.1 Å². The lowest BCUT2D eigenvalue weighted by molar-refractivity contribution is 1.08. The maximum absolute atomic E-state index is 5.35. The van der Waals surface area contributed by atoms with E-state index in [0.717, 1.165) is 49.8 Å².